The van der Waals surface area contributed by atoms with E-state index in [1.807, 2.05) is 69.2 Å². The number of aliphatic hydroxyl groups is 2. The van der Waals surface area contributed by atoms with Crippen LogP contribution in [0.4, 0.5) is 0 Å². The van der Waals surface area contributed by atoms with Crippen LogP contribution in [-0.2, 0) is 52.7 Å². The molecular weight excluding hydrogens is 1110 g/mol. The van der Waals surface area contributed by atoms with Crippen molar-refractivity contribution in [2.75, 3.05) is 48.8 Å². The number of nitrogens with one attached hydrogen (secondary N) is 5. The molecule has 1 aliphatic rings. The summed E-state index contributed by atoms with van der Waals surface area (Å²) in [5, 5.41) is 36.8. The SMILES string of the molecule is C/C=C/C[C@@H](C)[C@@H](O)C1C(=O)NC(C(C)O)C(=O)N(C)CC(=O)N(C)[C@H](CC(C)C)C(=O)NC(CC(C)C)C(=O)N(C)[C@H](CC(C)C)C(=O)NC(C)C(=O)N[C@H](C)C(=O)N(C)[C@@H](CC(C)C)C(=O)NC(CC(C)C)C(=O)N(C)[C@@H](C(C)C)C(=O)N1C. The zero-order chi connectivity index (χ0) is 66.7. The van der Waals surface area contributed by atoms with E-state index < -0.39 is 156 Å². The molecule has 6 unspecified atom stereocenters. The Bertz CT molecular complexity index is 2340. The maximum atomic E-state index is 15.1. The van der Waals surface area contributed by atoms with E-state index in [4.69, 9.17) is 0 Å². The lowest BCUT2D eigenvalue weighted by Crippen LogP contribution is -2.64. The lowest BCUT2D eigenvalue weighted by Gasteiger charge is -2.40. The number of nitrogens with zero attached hydrogens (tertiary/aromatic N) is 6. The van der Waals surface area contributed by atoms with Crippen molar-refractivity contribution >= 4 is 65.0 Å². The van der Waals surface area contributed by atoms with Crippen LogP contribution >= 0.6 is 0 Å². The lowest BCUT2D eigenvalue weighted by atomic mass is 9.91. The van der Waals surface area contributed by atoms with Gasteiger partial charge in [0, 0.05) is 42.3 Å². The normalized spacial score (nSPS) is 27.0. The van der Waals surface area contributed by atoms with Gasteiger partial charge >= 0.3 is 0 Å². The van der Waals surface area contributed by atoms with Gasteiger partial charge in [-0.25, -0.2) is 0 Å². The van der Waals surface area contributed by atoms with Gasteiger partial charge < -0.3 is 66.2 Å². The van der Waals surface area contributed by atoms with E-state index in [1.54, 1.807) is 39.8 Å². The quantitative estimate of drug-likeness (QED) is 0.109. The van der Waals surface area contributed by atoms with Crippen molar-refractivity contribution in [3.8, 4) is 0 Å². The molecule has 0 bridgehead atoms. The van der Waals surface area contributed by atoms with Gasteiger partial charge in [-0.15, -0.1) is 0 Å². The van der Waals surface area contributed by atoms with Crippen molar-refractivity contribution in [1.82, 2.24) is 56.0 Å². The Morgan fingerprint density at radius 2 is 0.826 bits per heavy atom. The Morgan fingerprint density at radius 3 is 1.23 bits per heavy atom. The monoisotopic (exact) mass is 1220 g/mol. The molecule has 1 rings (SSSR count). The molecule has 1 aliphatic heterocycles. The average molecular weight is 1220 g/mol. The minimum atomic E-state index is -1.74. The van der Waals surface area contributed by atoms with Crippen molar-refractivity contribution in [1.29, 1.82) is 0 Å². The summed E-state index contributed by atoms with van der Waals surface area (Å²) >= 11 is 0. The molecule has 0 saturated carbocycles. The molecule has 0 aromatic carbocycles. The fraction of sp³-hybridized carbons (Fsp3) is 0.790. The Morgan fingerprint density at radius 1 is 0.442 bits per heavy atom. The smallest absolute Gasteiger partial charge is 0.248 e. The first-order valence-corrected chi connectivity index (χ1v) is 30.7. The number of amides is 11. The van der Waals surface area contributed by atoms with Crippen LogP contribution in [-0.4, -0.2) is 226 Å². The number of hydrogen-bond acceptors (Lipinski definition) is 13. The highest BCUT2D eigenvalue weighted by molar-refractivity contribution is 5.99. The van der Waals surface area contributed by atoms with Gasteiger partial charge in [-0.05, 0) is 108 Å². The molecule has 0 radical (unpaired) electrons. The largest absolute Gasteiger partial charge is 0.391 e. The molecule has 1 fully saturated rings. The fourth-order valence-electron chi connectivity index (χ4n) is 10.6. The first-order chi connectivity index (χ1) is 39.6. The molecule has 0 aromatic rings. The van der Waals surface area contributed by atoms with Crippen LogP contribution in [0, 0.1) is 41.4 Å². The second-order valence-electron chi connectivity index (χ2n) is 26.4. The highest BCUT2D eigenvalue weighted by Crippen LogP contribution is 2.24. The van der Waals surface area contributed by atoms with E-state index in [0.29, 0.717) is 0 Å². The number of likely N-dealkylation sites (N-methyl/N-ethyl adjacent to an activating group) is 6. The van der Waals surface area contributed by atoms with E-state index in [9.17, 15) is 58.2 Å². The van der Waals surface area contributed by atoms with Crippen molar-refractivity contribution in [2.24, 2.45) is 41.4 Å². The van der Waals surface area contributed by atoms with E-state index in [1.165, 1.54) is 77.8 Å². The number of rotatable bonds is 16. The third-order valence-corrected chi connectivity index (χ3v) is 15.7. The molecule has 13 atom stereocenters. The van der Waals surface area contributed by atoms with E-state index >= 15 is 4.79 Å². The summed E-state index contributed by atoms with van der Waals surface area (Å²) in [6, 6.07) is -13.2. The third kappa shape index (κ3) is 22.8. The third-order valence-electron chi connectivity index (χ3n) is 15.7. The molecule has 86 heavy (non-hydrogen) atoms. The molecule has 24 nitrogen and oxygen atoms in total. The molecule has 0 spiro atoms. The number of carbonyl (C=O) groups is 11. The number of aliphatic hydroxyl groups excluding tert-OH is 2. The van der Waals surface area contributed by atoms with Crippen LogP contribution in [0.2, 0.25) is 0 Å². The van der Waals surface area contributed by atoms with E-state index in [0.717, 1.165) is 14.7 Å². The predicted molar refractivity (Wildman–Crippen MR) is 330 cm³/mol. The average Bonchev–Trinajstić information content (AvgIpc) is 2.17. The molecule has 24 heteroatoms. The maximum Gasteiger partial charge on any atom is 0.248 e. The Labute approximate surface area is 513 Å². The predicted octanol–water partition coefficient (Wildman–Crippen LogP) is 2.29. The van der Waals surface area contributed by atoms with Gasteiger partial charge in [-0.1, -0.05) is 102 Å². The minimum absolute atomic E-state index is 0.0945. The molecule has 11 amide bonds. The van der Waals surface area contributed by atoms with Gasteiger partial charge in [0.25, 0.3) is 0 Å². The molecular formula is C62H111N11O13. The van der Waals surface area contributed by atoms with Gasteiger partial charge in [-0.2, -0.15) is 0 Å². The number of hydrogen-bond donors (Lipinski definition) is 7. The highest BCUT2D eigenvalue weighted by atomic mass is 16.3. The Hall–Kier alpha value is -6.17. The highest BCUT2D eigenvalue weighted by Gasteiger charge is 2.45. The second-order valence-corrected chi connectivity index (χ2v) is 26.4. The van der Waals surface area contributed by atoms with Gasteiger partial charge in [0.15, 0.2) is 0 Å². The van der Waals surface area contributed by atoms with Gasteiger partial charge in [0.05, 0.1) is 18.8 Å². The van der Waals surface area contributed by atoms with Gasteiger partial charge in [0.1, 0.15) is 60.4 Å². The van der Waals surface area contributed by atoms with Crippen LogP contribution in [0.15, 0.2) is 12.2 Å². The topological polar surface area (TPSA) is 308 Å². The Balaban J connectivity index is 4.33. The summed E-state index contributed by atoms with van der Waals surface area (Å²) in [6.45, 7) is 28.7. The maximum absolute atomic E-state index is 15.1. The van der Waals surface area contributed by atoms with Crippen LogP contribution in [0.25, 0.3) is 0 Å². The number of allylic oxidation sites excluding steroid dienone is 2. The first kappa shape index (κ1) is 77.8. The summed E-state index contributed by atoms with van der Waals surface area (Å²) in [6.07, 6.45) is 1.20. The first-order valence-electron chi connectivity index (χ1n) is 30.7. The molecule has 492 valence electrons. The number of carbonyl (C=O) groups excluding carboxylic acids is 11. The molecule has 1 heterocycles. The summed E-state index contributed by atoms with van der Waals surface area (Å²) in [7, 11) is 8.15. The molecule has 1 saturated heterocycles. The summed E-state index contributed by atoms with van der Waals surface area (Å²) < 4.78 is 0. The van der Waals surface area contributed by atoms with Gasteiger partial charge in [0.2, 0.25) is 65.0 Å². The minimum Gasteiger partial charge on any atom is -0.391 e. The standard InChI is InChI=1S/C62H111N11O13/c1-24-25-26-39(14)52(76)51-57(81)67-49(42(17)74)61(85)68(18)32-48(75)69(19)45(29-35(6)7)55(79)65-43(27-33(2)3)59(83)71(21)46(30-36(8)9)54(78)63-40(15)53(77)64-41(16)58(82)70(20)47(31-37(10)11)56(80)66-44(28-34(4)5)60(84)72(22)50(38(12)13)62(86)73(51)23/h24-25,33-47,49-52,74,76H,26-32H2,1-23H3,(H,63,78)(H,64,77)(H,65,79)(H,66,80)(H,67,81)/b25-24+/t39-,40?,41-,42?,43?,44?,45-,46-,47+,49?,50+,51?,52-/m1/s1. The Kier molecular flexibility index (Phi) is 32.2. The van der Waals surface area contributed by atoms with Crippen LogP contribution in [0.5, 0.6) is 0 Å². The van der Waals surface area contributed by atoms with Crippen molar-refractivity contribution in [3.05, 3.63) is 12.2 Å². The van der Waals surface area contributed by atoms with Crippen molar-refractivity contribution in [2.45, 2.75) is 229 Å². The van der Waals surface area contributed by atoms with E-state index in [2.05, 4.69) is 26.6 Å². The molecule has 0 aliphatic carbocycles. The summed E-state index contributed by atoms with van der Waals surface area (Å²) in [5.74, 6) is -10.4. The second kappa shape index (κ2) is 35.6. The van der Waals surface area contributed by atoms with E-state index in [-0.39, 0.29) is 68.1 Å². The van der Waals surface area contributed by atoms with Crippen molar-refractivity contribution < 1.29 is 63.0 Å². The molecule has 0 aromatic heterocycles. The zero-order valence-corrected chi connectivity index (χ0v) is 56.1. The summed E-state index contributed by atoms with van der Waals surface area (Å²) in [4.78, 5) is 166. The van der Waals surface area contributed by atoms with Crippen molar-refractivity contribution in [3.63, 3.8) is 0 Å². The fourth-order valence-corrected chi connectivity index (χ4v) is 10.6. The van der Waals surface area contributed by atoms with Crippen LogP contribution in [0.1, 0.15) is 156 Å². The summed E-state index contributed by atoms with van der Waals surface area (Å²) in [5.41, 5.74) is 0. The van der Waals surface area contributed by atoms with Gasteiger partial charge in [-0.3, -0.25) is 52.7 Å². The lowest BCUT2D eigenvalue weighted by molar-refractivity contribution is -0.155. The zero-order valence-electron chi connectivity index (χ0n) is 56.1. The van der Waals surface area contributed by atoms with Crippen LogP contribution < -0.4 is 26.6 Å². The molecule has 7 N–H and O–H groups in total. The van der Waals surface area contributed by atoms with Crippen LogP contribution in [0.3, 0.4) is 0 Å².